The normalized spacial score (nSPS) is 12.3. The number of carbonyl (C=O) groups excluding carboxylic acids is 1. The minimum absolute atomic E-state index is 0.105. The Morgan fingerprint density at radius 3 is 2.10 bits per heavy atom. The lowest BCUT2D eigenvalue weighted by Gasteiger charge is -2.26. The maximum absolute atomic E-state index is 12.5. The molecule has 0 saturated carbocycles. The largest absolute Gasteiger partial charge is 0.481 e. The van der Waals surface area contributed by atoms with Crippen molar-refractivity contribution in [3.63, 3.8) is 0 Å². The molecule has 29 heavy (non-hydrogen) atoms. The van der Waals surface area contributed by atoms with Gasteiger partial charge in [-0.3, -0.25) is 4.79 Å². The Labute approximate surface area is 173 Å². The van der Waals surface area contributed by atoms with Gasteiger partial charge in [0.15, 0.2) is 6.10 Å². The Hall–Kier alpha value is -3.07. The Bertz CT molecular complexity index is 975. The van der Waals surface area contributed by atoms with E-state index < -0.39 is 6.10 Å². The predicted molar refractivity (Wildman–Crippen MR) is 120 cm³/mol. The first-order valence-corrected chi connectivity index (χ1v) is 9.98. The number of aryl methyl sites for hydroxylation is 2. The number of carbonyl (C=O) groups is 1. The van der Waals surface area contributed by atoms with Gasteiger partial charge in [0.2, 0.25) is 0 Å². The predicted octanol–water partition coefficient (Wildman–Crippen LogP) is 6.04. The maximum Gasteiger partial charge on any atom is 0.265 e. The van der Waals surface area contributed by atoms with Crippen LogP contribution in [0.2, 0.25) is 0 Å². The van der Waals surface area contributed by atoms with E-state index in [4.69, 9.17) is 4.74 Å². The molecule has 3 aromatic carbocycles. The van der Waals surface area contributed by atoms with Crippen LogP contribution in [-0.2, 0) is 10.2 Å². The van der Waals surface area contributed by atoms with Crippen LogP contribution in [0, 0.1) is 13.8 Å². The number of benzene rings is 3. The number of hydrogen-bond acceptors (Lipinski definition) is 2. The van der Waals surface area contributed by atoms with Crippen molar-refractivity contribution in [1.82, 2.24) is 0 Å². The van der Waals surface area contributed by atoms with E-state index in [9.17, 15) is 4.79 Å². The number of amides is 1. The van der Waals surface area contributed by atoms with Crippen LogP contribution < -0.4 is 10.1 Å². The summed E-state index contributed by atoms with van der Waals surface area (Å²) in [5.41, 5.74) is 5.48. The van der Waals surface area contributed by atoms with Crippen molar-refractivity contribution in [2.45, 2.75) is 46.1 Å². The van der Waals surface area contributed by atoms with E-state index in [1.807, 2.05) is 43.3 Å². The third kappa shape index (κ3) is 4.86. The average Bonchev–Trinajstić information content (AvgIpc) is 2.72. The molecular formula is C26H29NO2. The molecule has 3 rings (SSSR count). The topological polar surface area (TPSA) is 38.3 Å². The second-order valence-corrected chi connectivity index (χ2v) is 8.06. The van der Waals surface area contributed by atoms with Crippen molar-refractivity contribution in [3.8, 4) is 5.75 Å². The summed E-state index contributed by atoms with van der Waals surface area (Å²) in [5, 5.41) is 2.92. The van der Waals surface area contributed by atoms with Crippen molar-refractivity contribution in [2.75, 3.05) is 5.32 Å². The Balaban J connectivity index is 1.65. The SMILES string of the molecule is Cc1ccc(NC(=O)C(C)Oc2ccc(C(C)(C)c3ccccc3)cc2)cc1C. The smallest absolute Gasteiger partial charge is 0.265 e. The van der Waals surface area contributed by atoms with Gasteiger partial charge in [0.1, 0.15) is 5.75 Å². The van der Waals surface area contributed by atoms with Crippen LogP contribution in [0.1, 0.15) is 43.0 Å². The van der Waals surface area contributed by atoms with E-state index in [1.165, 1.54) is 16.7 Å². The summed E-state index contributed by atoms with van der Waals surface area (Å²) in [6.07, 6.45) is -0.593. The molecule has 150 valence electrons. The first-order valence-electron chi connectivity index (χ1n) is 9.98. The highest BCUT2D eigenvalue weighted by Gasteiger charge is 2.23. The zero-order valence-electron chi connectivity index (χ0n) is 17.8. The van der Waals surface area contributed by atoms with E-state index >= 15 is 0 Å². The lowest BCUT2D eigenvalue weighted by atomic mass is 9.78. The number of ether oxygens (including phenoxy) is 1. The fourth-order valence-electron chi connectivity index (χ4n) is 3.29. The van der Waals surface area contributed by atoms with Gasteiger partial charge in [-0.2, -0.15) is 0 Å². The second kappa shape index (κ2) is 8.52. The monoisotopic (exact) mass is 387 g/mol. The maximum atomic E-state index is 12.5. The van der Waals surface area contributed by atoms with Crippen molar-refractivity contribution >= 4 is 11.6 Å². The van der Waals surface area contributed by atoms with Gasteiger partial charge in [-0.1, -0.05) is 62.4 Å². The van der Waals surface area contributed by atoms with Crippen LogP contribution in [0.3, 0.4) is 0 Å². The lowest BCUT2D eigenvalue weighted by Crippen LogP contribution is -2.30. The van der Waals surface area contributed by atoms with Crippen molar-refractivity contribution < 1.29 is 9.53 Å². The molecule has 1 amide bonds. The van der Waals surface area contributed by atoms with Gasteiger partial charge in [-0.15, -0.1) is 0 Å². The van der Waals surface area contributed by atoms with Crippen molar-refractivity contribution in [2.24, 2.45) is 0 Å². The third-order valence-corrected chi connectivity index (χ3v) is 5.53. The number of nitrogens with one attached hydrogen (secondary N) is 1. The van der Waals surface area contributed by atoms with Gasteiger partial charge >= 0.3 is 0 Å². The molecule has 0 saturated heterocycles. The molecule has 0 spiro atoms. The third-order valence-electron chi connectivity index (χ3n) is 5.53. The average molecular weight is 388 g/mol. The highest BCUT2D eigenvalue weighted by molar-refractivity contribution is 5.94. The summed E-state index contributed by atoms with van der Waals surface area (Å²) in [5.74, 6) is 0.516. The molecule has 3 aromatic rings. The Kier molecular flexibility index (Phi) is 6.07. The van der Waals surface area contributed by atoms with Crippen LogP contribution in [0.5, 0.6) is 5.75 Å². The minimum Gasteiger partial charge on any atom is -0.481 e. The van der Waals surface area contributed by atoms with Crippen LogP contribution in [0.15, 0.2) is 72.8 Å². The van der Waals surface area contributed by atoms with E-state index in [-0.39, 0.29) is 11.3 Å². The van der Waals surface area contributed by atoms with E-state index in [0.717, 1.165) is 11.3 Å². The molecule has 1 unspecified atom stereocenters. The standard InChI is InChI=1S/C26H29NO2/c1-18-11-14-23(17-19(18)2)27-25(28)20(3)29-24-15-12-22(13-16-24)26(4,5)21-9-7-6-8-10-21/h6-17,20H,1-5H3,(H,27,28). The molecule has 1 N–H and O–H groups in total. The van der Waals surface area contributed by atoms with E-state index in [1.54, 1.807) is 6.92 Å². The molecule has 1 atom stereocenters. The Morgan fingerprint density at radius 1 is 0.862 bits per heavy atom. The molecule has 0 aliphatic heterocycles. The summed E-state index contributed by atoms with van der Waals surface area (Å²) in [4.78, 5) is 12.5. The summed E-state index contributed by atoms with van der Waals surface area (Å²) < 4.78 is 5.86. The van der Waals surface area contributed by atoms with Gasteiger partial charge in [0.05, 0.1) is 0 Å². The fourth-order valence-corrected chi connectivity index (χ4v) is 3.29. The number of rotatable bonds is 6. The molecule has 3 heteroatoms. The van der Waals surface area contributed by atoms with Gasteiger partial charge in [0.25, 0.3) is 5.91 Å². The molecule has 0 aromatic heterocycles. The first kappa shape index (κ1) is 20.7. The molecule has 0 fully saturated rings. The molecule has 0 bridgehead atoms. The lowest BCUT2D eigenvalue weighted by molar-refractivity contribution is -0.122. The molecule has 0 aliphatic carbocycles. The zero-order valence-corrected chi connectivity index (χ0v) is 17.8. The fraction of sp³-hybridized carbons (Fsp3) is 0.269. The summed E-state index contributed by atoms with van der Waals surface area (Å²) in [6.45, 7) is 10.3. The highest BCUT2D eigenvalue weighted by atomic mass is 16.5. The highest BCUT2D eigenvalue weighted by Crippen LogP contribution is 2.32. The van der Waals surface area contributed by atoms with Gasteiger partial charge in [0, 0.05) is 11.1 Å². The Morgan fingerprint density at radius 2 is 1.48 bits per heavy atom. The molecule has 0 heterocycles. The van der Waals surface area contributed by atoms with Crippen molar-refractivity contribution in [3.05, 3.63) is 95.1 Å². The summed E-state index contributed by atoms with van der Waals surface area (Å²) in [6, 6.07) is 24.3. The minimum atomic E-state index is -0.593. The van der Waals surface area contributed by atoms with Crippen LogP contribution >= 0.6 is 0 Å². The second-order valence-electron chi connectivity index (χ2n) is 8.06. The quantitative estimate of drug-likeness (QED) is 0.560. The van der Waals surface area contributed by atoms with Crippen molar-refractivity contribution in [1.29, 1.82) is 0 Å². The van der Waals surface area contributed by atoms with E-state index in [2.05, 4.69) is 62.5 Å². The molecular weight excluding hydrogens is 358 g/mol. The van der Waals surface area contributed by atoms with Gasteiger partial charge in [-0.25, -0.2) is 0 Å². The number of anilines is 1. The van der Waals surface area contributed by atoms with Gasteiger partial charge in [-0.05, 0) is 67.3 Å². The van der Waals surface area contributed by atoms with Crippen LogP contribution in [0.25, 0.3) is 0 Å². The van der Waals surface area contributed by atoms with Crippen LogP contribution in [0.4, 0.5) is 5.69 Å². The molecule has 0 aliphatic rings. The number of hydrogen-bond donors (Lipinski definition) is 1. The zero-order chi connectivity index (χ0) is 21.0. The van der Waals surface area contributed by atoms with E-state index in [0.29, 0.717) is 5.75 Å². The molecule has 3 nitrogen and oxygen atoms in total. The summed E-state index contributed by atoms with van der Waals surface area (Å²) >= 11 is 0. The molecule has 0 radical (unpaired) electrons. The van der Waals surface area contributed by atoms with Crippen LogP contribution in [-0.4, -0.2) is 12.0 Å². The first-order chi connectivity index (χ1) is 13.8. The summed E-state index contributed by atoms with van der Waals surface area (Å²) in [7, 11) is 0. The van der Waals surface area contributed by atoms with Gasteiger partial charge < -0.3 is 10.1 Å².